The van der Waals surface area contributed by atoms with Crippen molar-refractivity contribution < 1.29 is 19.1 Å². The Labute approximate surface area is 170 Å². The lowest BCUT2D eigenvalue weighted by molar-refractivity contribution is -0.143. The van der Waals surface area contributed by atoms with E-state index in [1.165, 1.54) is 11.3 Å². The van der Waals surface area contributed by atoms with Gasteiger partial charge in [-0.05, 0) is 55.5 Å². The van der Waals surface area contributed by atoms with Crippen molar-refractivity contribution in [1.82, 2.24) is 9.80 Å². The molecule has 0 aliphatic carbocycles. The fourth-order valence-corrected chi connectivity index (χ4v) is 5.59. The molecule has 3 fully saturated rings. The van der Waals surface area contributed by atoms with E-state index in [0.717, 1.165) is 55.8 Å². The molecule has 0 N–H and O–H groups in total. The van der Waals surface area contributed by atoms with Gasteiger partial charge in [0.15, 0.2) is 0 Å². The van der Waals surface area contributed by atoms with Gasteiger partial charge in [-0.3, -0.25) is 9.59 Å². The van der Waals surface area contributed by atoms with Crippen molar-refractivity contribution in [2.24, 2.45) is 5.92 Å². The Morgan fingerprint density at radius 2 is 1.89 bits per heavy atom. The molecule has 3 aliphatic heterocycles. The van der Waals surface area contributed by atoms with Gasteiger partial charge in [0.1, 0.15) is 0 Å². The van der Waals surface area contributed by atoms with E-state index in [2.05, 4.69) is 0 Å². The molecule has 0 bridgehead atoms. The minimum absolute atomic E-state index is 0.150. The number of rotatable bonds is 3. The minimum Gasteiger partial charge on any atom is -0.378 e. The van der Waals surface area contributed by atoms with Crippen LogP contribution in [0.15, 0.2) is 11.4 Å². The summed E-state index contributed by atoms with van der Waals surface area (Å²) in [6.07, 6.45) is 4.23. The number of ether oxygens (including phenoxy) is 2. The molecule has 3 aliphatic rings. The lowest BCUT2D eigenvalue weighted by atomic mass is 9.78. The van der Waals surface area contributed by atoms with Gasteiger partial charge in [0.25, 0.3) is 5.91 Å². The molecule has 4 heterocycles. The summed E-state index contributed by atoms with van der Waals surface area (Å²) in [4.78, 5) is 30.2. The van der Waals surface area contributed by atoms with Crippen LogP contribution < -0.4 is 0 Å². The van der Waals surface area contributed by atoms with Gasteiger partial charge >= 0.3 is 0 Å². The molecule has 6 nitrogen and oxygen atoms in total. The summed E-state index contributed by atoms with van der Waals surface area (Å²) >= 11 is 1.53. The molecule has 0 radical (unpaired) electrons. The lowest BCUT2D eigenvalue weighted by Gasteiger charge is -2.46. The summed E-state index contributed by atoms with van der Waals surface area (Å²) in [6, 6.07) is 2.00. The van der Waals surface area contributed by atoms with Crippen LogP contribution in [0, 0.1) is 12.8 Å². The molecule has 2 amide bonds. The zero-order valence-corrected chi connectivity index (χ0v) is 17.5. The molecular formula is C21H30N2O4S. The number of hydrogen-bond acceptors (Lipinski definition) is 5. The van der Waals surface area contributed by atoms with Crippen LogP contribution in [-0.4, -0.2) is 73.2 Å². The average molecular weight is 407 g/mol. The number of piperidine rings is 1. The van der Waals surface area contributed by atoms with Crippen LogP contribution in [-0.2, 0) is 14.3 Å². The van der Waals surface area contributed by atoms with Crippen LogP contribution in [0.25, 0.3) is 0 Å². The normalized spacial score (nSPS) is 25.1. The maximum absolute atomic E-state index is 12.8. The molecule has 28 heavy (non-hydrogen) atoms. The summed E-state index contributed by atoms with van der Waals surface area (Å²) in [5.74, 6) is 0.786. The predicted octanol–water partition coefficient (Wildman–Crippen LogP) is 2.71. The first-order valence-electron chi connectivity index (χ1n) is 10.4. The van der Waals surface area contributed by atoms with E-state index in [9.17, 15) is 9.59 Å². The van der Waals surface area contributed by atoms with Crippen LogP contribution in [0.2, 0.25) is 0 Å². The number of nitrogens with zero attached hydrogens (tertiary/aromatic N) is 2. The summed E-state index contributed by atoms with van der Waals surface area (Å²) in [7, 11) is 0. The maximum atomic E-state index is 12.8. The highest BCUT2D eigenvalue weighted by molar-refractivity contribution is 7.12. The van der Waals surface area contributed by atoms with Crippen molar-refractivity contribution in [3.63, 3.8) is 0 Å². The lowest BCUT2D eigenvalue weighted by Crippen LogP contribution is -2.51. The molecule has 1 aromatic rings. The van der Waals surface area contributed by atoms with Crippen molar-refractivity contribution in [2.75, 3.05) is 46.0 Å². The standard InChI is InChI=1S/C21H30N2O4S/c1-16-3-13-28-19(16)20(25)23-6-4-21(5-7-23)15-17(2-10-27-21)14-18(24)22-8-11-26-12-9-22/h3,13,17H,2,4-12,14-15H2,1H3. The fourth-order valence-electron chi connectivity index (χ4n) is 4.69. The van der Waals surface area contributed by atoms with E-state index >= 15 is 0 Å². The molecule has 7 heteroatoms. The van der Waals surface area contributed by atoms with Gasteiger partial charge in [0.05, 0.1) is 23.7 Å². The summed E-state index contributed by atoms with van der Waals surface area (Å²) in [5, 5.41) is 1.98. The number of thiophene rings is 1. The Bertz CT molecular complexity index is 705. The monoisotopic (exact) mass is 406 g/mol. The molecule has 3 saturated heterocycles. The van der Waals surface area contributed by atoms with Gasteiger partial charge < -0.3 is 19.3 Å². The van der Waals surface area contributed by atoms with Crippen LogP contribution in [0.5, 0.6) is 0 Å². The highest BCUT2D eigenvalue weighted by atomic mass is 32.1. The second kappa shape index (κ2) is 8.51. The quantitative estimate of drug-likeness (QED) is 0.774. The highest BCUT2D eigenvalue weighted by Crippen LogP contribution is 2.39. The van der Waals surface area contributed by atoms with E-state index in [-0.39, 0.29) is 17.4 Å². The highest BCUT2D eigenvalue weighted by Gasteiger charge is 2.42. The summed E-state index contributed by atoms with van der Waals surface area (Å²) in [5.41, 5.74) is 0.904. The number of carbonyl (C=O) groups excluding carboxylic acids is 2. The smallest absolute Gasteiger partial charge is 0.264 e. The van der Waals surface area contributed by atoms with Crippen molar-refractivity contribution >= 4 is 23.2 Å². The topological polar surface area (TPSA) is 59.1 Å². The SMILES string of the molecule is Cc1ccsc1C(=O)N1CCC2(CC1)CC(CC(=O)N1CCOCC1)CCO2. The van der Waals surface area contributed by atoms with Crippen LogP contribution in [0.3, 0.4) is 0 Å². The second-order valence-electron chi connectivity index (χ2n) is 8.31. The van der Waals surface area contributed by atoms with Gasteiger partial charge in [-0.25, -0.2) is 0 Å². The second-order valence-corrected chi connectivity index (χ2v) is 9.23. The van der Waals surface area contributed by atoms with Gasteiger partial charge in [0.2, 0.25) is 5.91 Å². The van der Waals surface area contributed by atoms with Crippen LogP contribution in [0.4, 0.5) is 0 Å². The van der Waals surface area contributed by atoms with E-state index in [1.54, 1.807) is 0 Å². The van der Waals surface area contributed by atoms with Crippen molar-refractivity contribution in [1.29, 1.82) is 0 Å². The number of likely N-dealkylation sites (tertiary alicyclic amines) is 1. The molecule has 1 unspecified atom stereocenters. The average Bonchev–Trinajstić information content (AvgIpc) is 3.15. The Morgan fingerprint density at radius 3 is 2.57 bits per heavy atom. The van der Waals surface area contributed by atoms with Crippen LogP contribution >= 0.6 is 11.3 Å². The van der Waals surface area contributed by atoms with E-state index < -0.39 is 0 Å². The van der Waals surface area contributed by atoms with Crippen molar-refractivity contribution in [2.45, 2.75) is 44.6 Å². The Hall–Kier alpha value is -1.44. The number of amides is 2. The number of aryl methyl sites for hydroxylation is 1. The zero-order valence-electron chi connectivity index (χ0n) is 16.7. The molecule has 1 spiro atoms. The van der Waals surface area contributed by atoms with E-state index in [0.29, 0.717) is 38.6 Å². The minimum atomic E-state index is -0.157. The van der Waals surface area contributed by atoms with Crippen LogP contribution in [0.1, 0.15) is 47.3 Å². The maximum Gasteiger partial charge on any atom is 0.264 e. The first-order chi connectivity index (χ1) is 13.6. The van der Waals surface area contributed by atoms with E-state index in [4.69, 9.17) is 9.47 Å². The summed E-state index contributed by atoms with van der Waals surface area (Å²) in [6.45, 7) is 6.92. The first kappa shape index (κ1) is 19.9. The van der Waals surface area contributed by atoms with Gasteiger partial charge in [-0.1, -0.05) is 0 Å². The Balaban J connectivity index is 1.31. The molecule has 0 aromatic carbocycles. The third-order valence-electron chi connectivity index (χ3n) is 6.44. The number of hydrogen-bond donors (Lipinski definition) is 0. The molecule has 1 aromatic heterocycles. The zero-order chi connectivity index (χ0) is 19.6. The Morgan fingerprint density at radius 1 is 1.14 bits per heavy atom. The molecule has 1 atom stereocenters. The molecule has 4 rings (SSSR count). The fraction of sp³-hybridized carbons (Fsp3) is 0.714. The van der Waals surface area contributed by atoms with Gasteiger partial charge in [-0.15, -0.1) is 11.3 Å². The molecule has 0 saturated carbocycles. The third-order valence-corrected chi connectivity index (χ3v) is 7.44. The molecular weight excluding hydrogens is 376 g/mol. The Kier molecular flexibility index (Phi) is 6.04. The van der Waals surface area contributed by atoms with Gasteiger partial charge in [-0.2, -0.15) is 0 Å². The van der Waals surface area contributed by atoms with Crippen molar-refractivity contribution in [3.8, 4) is 0 Å². The van der Waals surface area contributed by atoms with E-state index in [1.807, 2.05) is 28.2 Å². The third kappa shape index (κ3) is 4.26. The first-order valence-corrected chi connectivity index (χ1v) is 11.3. The number of morpholine rings is 1. The predicted molar refractivity (Wildman–Crippen MR) is 108 cm³/mol. The van der Waals surface area contributed by atoms with Gasteiger partial charge in [0, 0.05) is 39.2 Å². The van der Waals surface area contributed by atoms with Crippen molar-refractivity contribution in [3.05, 3.63) is 21.9 Å². The summed E-state index contributed by atoms with van der Waals surface area (Å²) < 4.78 is 11.6. The number of carbonyl (C=O) groups is 2. The largest absolute Gasteiger partial charge is 0.378 e. The molecule has 154 valence electrons.